The van der Waals surface area contributed by atoms with Gasteiger partial charge in [-0.3, -0.25) is 4.55 Å². The van der Waals surface area contributed by atoms with Crippen molar-refractivity contribution in [1.29, 1.82) is 0 Å². The van der Waals surface area contributed by atoms with Gasteiger partial charge in [0.25, 0.3) is 10.1 Å². The third kappa shape index (κ3) is 4.88. The Kier molecular flexibility index (Phi) is 6.59. The Labute approximate surface area is 291 Å². The van der Waals surface area contributed by atoms with E-state index in [1.807, 2.05) is 30.3 Å². The van der Waals surface area contributed by atoms with E-state index in [1.165, 1.54) is 0 Å². The fourth-order valence-corrected chi connectivity index (χ4v) is 10.2. The molecule has 8 bridgehead atoms. The second-order valence-corrected chi connectivity index (χ2v) is 16.3. The molecule has 1 aliphatic rings. The van der Waals surface area contributed by atoms with E-state index in [4.69, 9.17) is 30.2 Å². The zero-order valence-electron chi connectivity index (χ0n) is 26.1. The van der Waals surface area contributed by atoms with Crippen LogP contribution in [-0.2, 0) is 30.2 Å². The van der Waals surface area contributed by atoms with Crippen LogP contribution in [-0.4, -0.2) is 49.7 Å². The van der Waals surface area contributed by atoms with Crippen LogP contribution in [0.4, 0.5) is 23.3 Å². The summed E-state index contributed by atoms with van der Waals surface area (Å²) in [5.41, 5.74) is 1.10. The van der Waals surface area contributed by atoms with Gasteiger partial charge in [-0.2, -0.15) is 8.42 Å². The summed E-state index contributed by atoms with van der Waals surface area (Å²) in [4.78, 5) is 27.9. The predicted octanol–water partition coefficient (Wildman–Crippen LogP) is 2.27. The van der Waals surface area contributed by atoms with Crippen molar-refractivity contribution in [2.45, 2.75) is 14.7 Å². The average Bonchev–Trinajstić information content (AvgIpc) is 3.82. The number of benzene rings is 4. The Morgan fingerprint density at radius 1 is 0.462 bits per heavy atom. The number of nitrogens with one attached hydrogen (secondary N) is 4. The van der Waals surface area contributed by atoms with E-state index in [0.717, 1.165) is 16.8 Å². The van der Waals surface area contributed by atoms with Crippen LogP contribution >= 0.6 is 0 Å². The van der Waals surface area contributed by atoms with E-state index in [2.05, 4.69) is 19.9 Å². The lowest BCUT2D eigenvalue weighted by Gasteiger charge is -2.12. The van der Waals surface area contributed by atoms with Crippen molar-refractivity contribution < 1.29 is 29.8 Å². The Bertz CT molecular complexity index is 3510. The Balaban J connectivity index is 1.57. The highest BCUT2D eigenvalue weighted by Gasteiger charge is 2.36. The summed E-state index contributed by atoms with van der Waals surface area (Å²) in [6.45, 7) is 0. The Morgan fingerprint density at radius 2 is 0.808 bits per heavy atom. The molecule has 0 spiro atoms. The van der Waals surface area contributed by atoms with Crippen LogP contribution in [0.25, 0.3) is 43.1 Å². The first kappa shape index (κ1) is 31.9. The van der Waals surface area contributed by atoms with Crippen molar-refractivity contribution in [3.8, 4) is 0 Å². The lowest BCUT2D eigenvalue weighted by Crippen LogP contribution is -2.24. The van der Waals surface area contributed by atoms with Gasteiger partial charge in [0.2, 0.25) is 20.0 Å². The number of nitrogens with two attached hydrogens (primary N) is 2. The first-order chi connectivity index (χ1) is 24.7. The molecule has 4 aromatic heterocycles. The number of rotatable bonds is 3. The quantitative estimate of drug-likeness (QED) is 0.132. The number of aromatic amines is 4. The van der Waals surface area contributed by atoms with Crippen LogP contribution < -0.4 is 32.2 Å². The van der Waals surface area contributed by atoms with Gasteiger partial charge >= 0.3 is 0 Å². The molecular formula is C32H22N10O7S3. The summed E-state index contributed by atoms with van der Waals surface area (Å²) < 4.78 is 88.0. The number of H-pyrrole nitrogens is 4. The number of primary sulfonamides is 2. The van der Waals surface area contributed by atoms with E-state index >= 15 is 0 Å². The molecule has 0 saturated carbocycles. The molecule has 0 saturated heterocycles. The minimum absolute atomic E-state index is 0.154. The minimum Gasteiger partial charge on any atom is -0.324 e. The largest absolute Gasteiger partial charge is 0.324 e. The maximum absolute atomic E-state index is 13.3. The zero-order valence-corrected chi connectivity index (χ0v) is 28.5. The lowest BCUT2D eigenvalue weighted by atomic mass is 10.2. The molecule has 0 atom stereocenters. The zero-order chi connectivity index (χ0) is 36.3. The topological polar surface area (TPSA) is 287 Å². The molecule has 17 nitrogen and oxygen atoms in total. The highest BCUT2D eigenvalue weighted by Crippen LogP contribution is 2.43. The normalized spacial score (nSPS) is 13.6. The van der Waals surface area contributed by atoms with E-state index in [-0.39, 0.29) is 28.0 Å². The summed E-state index contributed by atoms with van der Waals surface area (Å²) in [7, 11) is -15.8. The molecule has 0 fully saturated rings. The molecule has 0 amide bonds. The summed E-state index contributed by atoms with van der Waals surface area (Å²) >= 11 is 0. The van der Waals surface area contributed by atoms with Gasteiger partial charge in [0.15, 0.2) is 0 Å². The SMILES string of the molecule is NS(=O)(=O)c1c(S(=O)(=O)O)cc2c3[nH]c(c2c1S(N)(=O)=O)N=c1[nH]c(c2ccccc12)=Nc1[nH]c(c2ccccc12)N=c1[nH]c(c2ccccc12)=N3. The monoisotopic (exact) mass is 754 g/mol. The molecule has 1 aliphatic heterocycles. The predicted molar refractivity (Wildman–Crippen MR) is 189 cm³/mol. The smallest absolute Gasteiger partial charge is 0.295 e. The molecule has 52 heavy (non-hydrogen) atoms. The van der Waals surface area contributed by atoms with Crippen molar-refractivity contribution >= 4 is 96.5 Å². The maximum atomic E-state index is 13.3. The fraction of sp³-hybridized carbons (Fsp3) is 0. The van der Waals surface area contributed by atoms with Crippen molar-refractivity contribution in [2.75, 3.05) is 0 Å². The second-order valence-electron chi connectivity index (χ2n) is 11.9. The van der Waals surface area contributed by atoms with Gasteiger partial charge in [0.1, 0.15) is 59.9 Å². The standard InChI is InChI=1S/C32H22N10O7S3/c33-50(43,44)23-21(52(47,48)49)13-20-22(24(23)51(34,45)46)32-41-30-19-12-6-5-11-18(19)28(39-30)37-26-15-8-2-1-7-14(15)25(35-26)36-27-16-9-3-4-10-17(16)29(38-27)40-31(20)42-32/h1-13H,(H2,33,43,44)(H2,34,45,46)(H,47,48,49)(H4,35,36,37,38,39,40,41,42). The van der Waals surface area contributed by atoms with Crippen molar-refractivity contribution in [2.24, 2.45) is 30.2 Å². The molecule has 4 aromatic carbocycles. The Hall–Kier alpha value is -6.03. The van der Waals surface area contributed by atoms with Crippen molar-refractivity contribution in [3.63, 3.8) is 0 Å². The van der Waals surface area contributed by atoms with E-state index in [9.17, 15) is 29.8 Å². The molecular weight excluding hydrogens is 733 g/mol. The minimum atomic E-state index is -5.44. The highest BCUT2D eigenvalue weighted by molar-refractivity contribution is 7.93. The molecule has 8 aromatic rings. The molecule has 0 unspecified atom stereocenters. The van der Waals surface area contributed by atoms with Gasteiger partial charge in [0, 0.05) is 43.1 Å². The third-order valence-corrected chi connectivity index (χ3v) is 11.8. The van der Waals surface area contributed by atoms with Gasteiger partial charge in [-0.15, -0.1) is 0 Å². The van der Waals surface area contributed by atoms with Gasteiger partial charge in [-0.05, 0) is 6.07 Å². The summed E-state index contributed by atoms with van der Waals surface area (Å²) in [6, 6.07) is 22.5. The molecule has 0 radical (unpaired) electrons. The molecule has 0 aliphatic carbocycles. The first-order valence-corrected chi connectivity index (χ1v) is 19.6. The third-order valence-electron chi connectivity index (χ3n) is 8.69. The molecule has 9 rings (SSSR count). The van der Waals surface area contributed by atoms with Crippen LogP contribution in [0, 0.1) is 0 Å². The first-order valence-electron chi connectivity index (χ1n) is 15.1. The number of hydrogen-bond acceptors (Lipinski definition) is 10. The van der Waals surface area contributed by atoms with Crippen LogP contribution in [0.1, 0.15) is 0 Å². The maximum Gasteiger partial charge on any atom is 0.295 e. The highest BCUT2D eigenvalue weighted by atomic mass is 32.2. The van der Waals surface area contributed by atoms with Gasteiger partial charge in [0.05, 0.1) is 0 Å². The van der Waals surface area contributed by atoms with Gasteiger partial charge in [-0.1, -0.05) is 72.8 Å². The summed E-state index contributed by atoms with van der Waals surface area (Å²) in [5, 5.41) is 14.2. The second kappa shape index (κ2) is 10.7. The van der Waals surface area contributed by atoms with Crippen molar-refractivity contribution in [3.05, 3.63) is 101 Å². The van der Waals surface area contributed by atoms with E-state index in [1.54, 1.807) is 42.5 Å². The van der Waals surface area contributed by atoms with Crippen LogP contribution in [0.3, 0.4) is 0 Å². The molecule has 5 heterocycles. The van der Waals surface area contributed by atoms with E-state index in [0.29, 0.717) is 44.2 Å². The Morgan fingerprint density at radius 3 is 1.19 bits per heavy atom. The molecule has 20 heteroatoms. The van der Waals surface area contributed by atoms with Crippen LogP contribution in [0.5, 0.6) is 0 Å². The summed E-state index contributed by atoms with van der Waals surface area (Å²) in [6.07, 6.45) is 0. The van der Waals surface area contributed by atoms with Crippen molar-refractivity contribution in [1.82, 2.24) is 19.9 Å². The number of fused-ring (bicyclic) bond motifs is 20. The summed E-state index contributed by atoms with van der Waals surface area (Å²) in [5.74, 6) is 0.493. The van der Waals surface area contributed by atoms with Gasteiger partial charge in [-0.25, -0.2) is 47.1 Å². The van der Waals surface area contributed by atoms with E-state index < -0.39 is 50.2 Å². The number of sulfonamides is 2. The number of aromatic nitrogens is 4. The molecule has 9 N–H and O–H groups in total. The lowest BCUT2D eigenvalue weighted by molar-refractivity contribution is 0.479. The van der Waals surface area contributed by atoms with Crippen LogP contribution in [0.2, 0.25) is 0 Å². The fourth-order valence-electron chi connectivity index (χ4n) is 6.59. The molecule has 260 valence electrons. The number of hydrogen-bond donors (Lipinski definition) is 7. The average molecular weight is 755 g/mol. The van der Waals surface area contributed by atoms with Crippen LogP contribution in [0.15, 0.2) is 114 Å². The van der Waals surface area contributed by atoms with Gasteiger partial charge < -0.3 is 19.9 Å². The number of nitrogens with zero attached hydrogens (tertiary/aromatic N) is 4.